The Morgan fingerprint density at radius 1 is 1.14 bits per heavy atom. The Morgan fingerprint density at radius 2 is 2.00 bits per heavy atom. The molecule has 8 heteroatoms. The number of hydrogen-bond acceptors (Lipinski definition) is 5. The van der Waals surface area contributed by atoms with E-state index in [4.69, 9.17) is 0 Å². The molecule has 1 aromatic carbocycles. The quantitative estimate of drug-likeness (QED) is 0.529. The third-order valence-corrected chi connectivity index (χ3v) is 4.46. The highest BCUT2D eigenvalue weighted by Crippen LogP contribution is 2.25. The number of benzene rings is 1. The van der Waals surface area contributed by atoms with Crippen LogP contribution in [0.5, 0.6) is 0 Å². The molecule has 0 radical (unpaired) electrons. The molecule has 29 heavy (non-hydrogen) atoms. The zero-order valence-electron chi connectivity index (χ0n) is 15.9. The molecular formula is C21H20N6O2. The van der Waals surface area contributed by atoms with E-state index >= 15 is 0 Å². The first-order valence-electron chi connectivity index (χ1n) is 9.19. The molecule has 0 aliphatic rings. The van der Waals surface area contributed by atoms with E-state index in [0.29, 0.717) is 11.6 Å². The van der Waals surface area contributed by atoms with Gasteiger partial charge in [0.15, 0.2) is 5.82 Å². The molecule has 0 fully saturated rings. The van der Waals surface area contributed by atoms with Gasteiger partial charge >= 0.3 is 0 Å². The molecule has 0 saturated carbocycles. The summed E-state index contributed by atoms with van der Waals surface area (Å²) >= 11 is 0. The smallest absolute Gasteiger partial charge is 0.275 e. The number of aromatic nitrogens is 5. The van der Waals surface area contributed by atoms with Crippen molar-refractivity contribution in [3.05, 3.63) is 78.2 Å². The van der Waals surface area contributed by atoms with E-state index in [1.807, 2.05) is 31.2 Å². The van der Waals surface area contributed by atoms with Crippen LogP contribution in [-0.4, -0.2) is 42.2 Å². The number of aliphatic hydroxyl groups excluding tert-OH is 1. The van der Waals surface area contributed by atoms with Crippen LogP contribution in [0.25, 0.3) is 17.1 Å². The summed E-state index contributed by atoms with van der Waals surface area (Å²) in [5, 5.41) is 20.9. The average Bonchev–Trinajstić information content (AvgIpc) is 3.40. The summed E-state index contributed by atoms with van der Waals surface area (Å²) in [5.41, 5.74) is 3.03. The van der Waals surface area contributed by atoms with Crippen LogP contribution >= 0.6 is 0 Å². The van der Waals surface area contributed by atoms with E-state index in [-0.39, 0.29) is 24.8 Å². The fourth-order valence-corrected chi connectivity index (χ4v) is 3.04. The van der Waals surface area contributed by atoms with Crippen molar-refractivity contribution in [2.45, 2.75) is 13.5 Å². The van der Waals surface area contributed by atoms with E-state index in [9.17, 15) is 9.90 Å². The number of carbonyl (C=O) groups excluding carboxylic acids is 1. The van der Waals surface area contributed by atoms with Crippen molar-refractivity contribution in [2.24, 2.45) is 0 Å². The first-order chi connectivity index (χ1) is 14.2. The number of anilines is 1. The molecule has 2 N–H and O–H groups in total. The Labute approximate surface area is 167 Å². The Hall–Kier alpha value is -3.78. The van der Waals surface area contributed by atoms with Crippen LogP contribution in [0.15, 0.2) is 67.0 Å². The van der Waals surface area contributed by atoms with Gasteiger partial charge in [-0.3, -0.25) is 4.79 Å². The molecule has 1 amide bonds. The minimum absolute atomic E-state index is 0.0925. The second kappa shape index (κ2) is 8.07. The fraction of sp³-hybridized carbons (Fsp3) is 0.143. The number of aliphatic hydroxyl groups is 1. The lowest BCUT2D eigenvalue weighted by molar-refractivity contribution is 0.102. The molecule has 0 saturated heterocycles. The number of pyridine rings is 1. The van der Waals surface area contributed by atoms with Crippen LogP contribution in [0.2, 0.25) is 0 Å². The normalized spacial score (nSPS) is 10.8. The summed E-state index contributed by atoms with van der Waals surface area (Å²) in [6, 6.07) is 16.6. The highest BCUT2D eigenvalue weighted by molar-refractivity contribution is 6.02. The van der Waals surface area contributed by atoms with Gasteiger partial charge in [-0.15, -0.1) is 0 Å². The molecule has 8 nitrogen and oxygen atoms in total. The lowest BCUT2D eigenvalue weighted by Gasteiger charge is -2.08. The van der Waals surface area contributed by atoms with Crippen LogP contribution in [0, 0.1) is 6.92 Å². The van der Waals surface area contributed by atoms with Gasteiger partial charge in [0.2, 0.25) is 0 Å². The number of nitrogens with zero attached hydrogens (tertiary/aromatic N) is 5. The Bertz CT molecular complexity index is 1130. The molecule has 0 atom stereocenters. The first-order valence-corrected chi connectivity index (χ1v) is 9.19. The van der Waals surface area contributed by atoms with E-state index in [0.717, 1.165) is 16.8 Å². The number of rotatable bonds is 6. The maximum absolute atomic E-state index is 12.8. The van der Waals surface area contributed by atoms with Crippen LogP contribution < -0.4 is 5.32 Å². The largest absolute Gasteiger partial charge is 0.394 e. The molecule has 0 aliphatic carbocycles. The van der Waals surface area contributed by atoms with E-state index < -0.39 is 0 Å². The van der Waals surface area contributed by atoms with E-state index in [2.05, 4.69) is 20.5 Å². The third-order valence-electron chi connectivity index (χ3n) is 4.46. The van der Waals surface area contributed by atoms with E-state index in [1.165, 1.54) is 0 Å². The monoisotopic (exact) mass is 388 g/mol. The average molecular weight is 388 g/mol. The molecule has 4 rings (SSSR count). The zero-order valence-corrected chi connectivity index (χ0v) is 15.9. The van der Waals surface area contributed by atoms with E-state index in [1.54, 1.807) is 52.1 Å². The summed E-state index contributed by atoms with van der Waals surface area (Å²) in [4.78, 5) is 17.2. The molecule has 3 heterocycles. The molecule has 146 valence electrons. The summed E-state index contributed by atoms with van der Waals surface area (Å²) < 4.78 is 3.17. The Morgan fingerprint density at radius 3 is 2.76 bits per heavy atom. The van der Waals surface area contributed by atoms with Gasteiger partial charge in [0.25, 0.3) is 5.91 Å². The number of nitrogens with one attached hydrogen (secondary N) is 1. The highest BCUT2D eigenvalue weighted by atomic mass is 16.3. The molecule has 4 aromatic rings. The van der Waals surface area contributed by atoms with Crippen LogP contribution in [0.1, 0.15) is 16.1 Å². The third kappa shape index (κ3) is 3.92. The van der Waals surface area contributed by atoms with Gasteiger partial charge in [-0.2, -0.15) is 10.2 Å². The number of amides is 1. The molecule has 0 spiro atoms. The van der Waals surface area contributed by atoms with Gasteiger partial charge in [0, 0.05) is 24.0 Å². The van der Waals surface area contributed by atoms with Crippen LogP contribution in [0.4, 0.5) is 5.82 Å². The summed E-state index contributed by atoms with van der Waals surface area (Å²) in [6.07, 6.45) is 3.41. The van der Waals surface area contributed by atoms with Crippen molar-refractivity contribution < 1.29 is 9.90 Å². The van der Waals surface area contributed by atoms with Crippen molar-refractivity contribution in [2.75, 3.05) is 11.9 Å². The highest BCUT2D eigenvalue weighted by Gasteiger charge is 2.15. The number of carbonyl (C=O) groups is 1. The standard InChI is InChI=1S/C21H20N6O2/c1-15-6-2-3-7-16(15)18-14-20(27(25-18)12-13-28)24-21(29)17-8-4-9-19(23-17)26-11-5-10-22-26/h2-11,14,28H,12-13H2,1H3,(H,24,29). The molecule has 0 unspecified atom stereocenters. The SMILES string of the molecule is Cc1ccccc1-c1cc(NC(=O)c2cccc(-n3cccn3)n2)n(CCO)n1. The first kappa shape index (κ1) is 18.6. The van der Waals surface area contributed by atoms with Gasteiger partial charge in [0.05, 0.1) is 18.8 Å². The Kier molecular flexibility index (Phi) is 5.17. The fourth-order valence-electron chi connectivity index (χ4n) is 3.04. The number of hydrogen-bond donors (Lipinski definition) is 2. The van der Waals surface area contributed by atoms with Crippen LogP contribution in [-0.2, 0) is 6.54 Å². The summed E-state index contributed by atoms with van der Waals surface area (Å²) in [7, 11) is 0. The molecule has 3 aromatic heterocycles. The van der Waals surface area contributed by atoms with Crippen LogP contribution in [0.3, 0.4) is 0 Å². The predicted molar refractivity (Wildman–Crippen MR) is 109 cm³/mol. The predicted octanol–water partition coefficient (Wildman–Crippen LogP) is 2.68. The second-order valence-electron chi connectivity index (χ2n) is 6.46. The van der Waals surface area contributed by atoms with Gasteiger partial charge in [-0.1, -0.05) is 30.3 Å². The maximum Gasteiger partial charge on any atom is 0.275 e. The van der Waals surface area contributed by atoms with Gasteiger partial charge in [-0.25, -0.2) is 14.3 Å². The second-order valence-corrected chi connectivity index (χ2v) is 6.46. The minimum atomic E-state index is -0.366. The van der Waals surface area contributed by atoms with Crippen molar-refractivity contribution >= 4 is 11.7 Å². The Balaban J connectivity index is 1.63. The maximum atomic E-state index is 12.8. The molecule has 0 aliphatic heterocycles. The number of aryl methyl sites for hydroxylation is 1. The lowest BCUT2D eigenvalue weighted by Crippen LogP contribution is -2.18. The summed E-state index contributed by atoms with van der Waals surface area (Å²) in [5.74, 6) is 0.676. The minimum Gasteiger partial charge on any atom is -0.394 e. The van der Waals surface area contributed by atoms with Crippen molar-refractivity contribution in [3.63, 3.8) is 0 Å². The zero-order chi connectivity index (χ0) is 20.2. The van der Waals surface area contributed by atoms with Gasteiger partial charge < -0.3 is 10.4 Å². The topological polar surface area (TPSA) is 97.9 Å². The summed E-state index contributed by atoms with van der Waals surface area (Å²) in [6.45, 7) is 2.18. The van der Waals surface area contributed by atoms with Crippen molar-refractivity contribution in [3.8, 4) is 17.1 Å². The molecule has 0 bridgehead atoms. The lowest BCUT2D eigenvalue weighted by atomic mass is 10.1. The van der Waals surface area contributed by atoms with Gasteiger partial charge in [0.1, 0.15) is 11.5 Å². The molecular weight excluding hydrogens is 368 g/mol. The van der Waals surface area contributed by atoms with Crippen molar-refractivity contribution in [1.29, 1.82) is 0 Å². The van der Waals surface area contributed by atoms with Crippen molar-refractivity contribution in [1.82, 2.24) is 24.5 Å². The van der Waals surface area contributed by atoms with Gasteiger partial charge in [-0.05, 0) is 30.7 Å².